The summed E-state index contributed by atoms with van der Waals surface area (Å²) in [4.78, 5) is 14.5. The number of ether oxygens (including phenoxy) is 2. The number of benzene rings is 2. The highest BCUT2D eigenvalue weighted by molar-refractivity contribution is 8.26. The maximum absolute atomic E-state index is 12.2. The van der Waals surface area contributed by atoms with E-state index in [-0.39, 0.29) is 5.91 Å². The van der Waals surface area contributed by atoms with Crippen LogP contribution < -0.4 is 9.47 Å². The summed E-state index contributed by atoms with van der Waals surface area (Å²) in [5, 5.41) is 0.579. The maximum atomic E-state index is 12.2. The normalized spacial score (nSPS) is 15.5. The molecule has 1 amide bonds. The van der Waals surface area contributed by atoms with Crippen molar-refractivity contribution in [3.05, 3.63) is 64.0 Å². The number of carbonyl (C=O) groups is 1. The van der Waals surface area contributed by atoms with Crippen molar-refractivity contribution in [2.24, 2.45) is 0 Å². The lowest BCUT2D eigenvalue weighted by atomic mass is 10.2. The van der Waals surface area contributed by atoms with Crippen molar-refractivity contribution in [3.8, 4) is 11.5 Å². The lowest BCUT2D eigenvalue weighted by molar-refractivity contribution is -0.121. The van der Waals surface area contributed by atoms with Crippen molar-refractivity contribution in [3.63, 3.8) is 0 Å². The van der Waals surface area contributed by atoms with Gasteiger partial charge >= 0.3 is 0 Å². The molecular formula is C20H18ClNO3S2. The van der Waals surface area contributed by atoms with Crippen LogP contribution >= 0.6 is 35.6 Å². The Bertz CT molecular complexity index is 868. The van der Waals surface area contributed by atoms with Gasteiger partial charge in [0.15, 0.2) is 0 Å². The van der Waals surface area contributed by atoms with Gasteiger partial charge in [0.1, 0.15) is 29.0 Å². The molecule has 0 aromatic heterocycles. The molecule has 7 heteroatoms. The minimum absolute atomic E-state index is 0.0375. The third-order valence-corrected chi connectivity index (χ3v) is 5.50. The van der Waals surface area contributed by atoms with Crippen LogP contribution in [0.1, 0.15) is 12.5 Å². The van der Waals surface area contributed by atoms with Gasteiger partial charge in [0, 0.05) is 6.54 Å². The fraction of sp³-hybridized carbons (Fsp3) is 0.200. The lowest BCUT2D eigenvalue weighted by Crippen LogP contribution is -2.27. The highest BCUT2D eigenvalue weighted by atomic mass is 35.5. The molecule has 0 bridgehead atoms. The van der Waals surface area contributed by atoms with Gasteiger partial charge in [-0.05, 0) is 42.8 Å². The summed E-state index contributed by atoms with van der Waals surface area (Å²) in [6.45, 7) is 3.30. The van der Waals surface area contributed by atoms with Crippen molar-refractivity contribution in [2.75, 3.05) is 19.8 Å². The van der Waals surface area contributed by atoms with Gasteiger partial charge in [0.25, 0.3) is 5.91 Å². The van der Waals surface area contributed by atoms with Crippen molar-refractivity contribution in [2.45, 2.75) is 6.92 Å². The smallest absolute Gasteiger partial charge is 0.266 e. The molecule has 0 atom stereocenters. The number of hydrogen-bond donors (Lipinski definition) is 0. The number of halogens is 1. The third kappa shape index (κ3) is 5.03. The van der Waals surface area contributed by atoms with Gasteiger partial charge in [0.05, 0.1) is 9.93 Å². The van der Waals surface area contributed by atoms with E-state index in [0.29, 0.717) is 39.8 Å². The van der Waals surface area contributed by atoms with Crippen LogP contribution in [-0.2, 0) is 4.79 Å². The van der Waals surface area contributed by atoms with Crippen LogP contribution in [0.5, 0.6) is 11.5 Å². The number of thioether (sulfide) groups is 1. The molecule has 1 aliphatic rings. The van der Waals surface area contributed by atoms with E-state index in [1.165, 1.54) is 11.8 Å². The minimum Gasteiger partial charge on any atom is -0.490 e. The van der Waals surface area contributed by atoms with Crippen LogP contribution in [-0.4, -0.2) is 34.9 Å². The Morgan fingerprint density at radius 1 is 1.11 bits per heavy atom. The van der Waals surface area contributed by atoms with E-state index in [4.69, 9.17) is 33.3 Å². The average Bonchev–Trinajstić information content (AvgIpc) is 2.94. The van der Waals surface area contributed by atoms with E-state index in [1.807, 2.05) is 55.5 Å². The molecule has 0 N–H and O–H groups in total. The Labute approximate surface area is 173 Å². The minimum atomic E-state index is -0.0375. The number of thiocarbonyl (C=S) groups is 1. The summed E-state index contributed by atoms with van der Waals surface area (Å²) in [7, 11) is 0. The second kappa shape index (κ2) is 9.26. The fourth-order valence-corrected chi connectivity index (χ4v) is 4.03. The van der Waals surface area contributed by atoms with Gasteiger partial charge in [0.2, 0.25) is 0 Å². The number of nitrogens with zero attached hydrogens (tertiary/aromatic N) is 1. The van der Waals surface area contributed by atoms with Crippen LogP contribution in [0.15, 0.2) is 53.4 Å². The molecule has 0 radical (unpaired) electrons. The molecular weight excluding hydrogens is 402 g/mol. The van der Waals surface area contributed by atoms with Gasteiger partial charge in [-0.25, -0.2) is 0 Å². The van der Waals surface area contributed by atoms with E-state index in [0.717, 1.165) is 11.3 Å². The Morgan fingerprint density at radius 3 is 2.48 bits per heavy atom. The number of amides is 1. The Morgan fingerprint density at radius 2 is 1.81 bits per heavy atom. The van der Waals surface area contributed by atoms with Gasteiger partial charge in [-0.1, -0.05) is 59.8 Å². The van der Waals surface area contributed by atoms with Crippen molar-refractivity contribution in [1.29, 1.82) is 0 Å². The van der Waals surface area contributed by atoms with Crippen molar-refractivity contribution >= 4 is 51.9 Å². The highest BCUT2D eigenvalue weighted by Crippen LogP contribution is 2.32. The van der Waals surface area contributed by atoms with Crippen LogP contribution in [0, 0.1) is 0 Å². The summed E-state index contributed by atoms with van der Waals surface area (Å²) in [5.41, 5.74) is 0.922. The summed E-state index contributed by atoms with van der Waals surface area (Å²) in [6.07, 6.45) is 1.85. The number of para-hydroxylation sites is 1. The molecule has 1 heterocycles. The standard InChI is InChI=1S/C20H18ClNO3S2/c1-2-22-19(23)18(27-20(22)26)13-14-7-9-15(10-8-14)24-11-12-25-17-6-4-3-5-16(17)21/h3-10,13H,2,11-12H2,1H3. The van der Waals surface area contributed by atoms with E-state index in [2.05, 4.69) is 0 Å². The second-order valence-corrected chi connectivity index (χ2v) is 7.71. The van der Waals surface area contributed by atoms with Crippen LogP contribution in [0.3, 0.4) is 0 Å². The topological polar surface area (TPSA) is 38.8 Å². The predicted molar refractivity (Wildman–Crippen MR) is 114 cm³/mol. The zero-order chi connectivity index (χ0) is 19.2. The average molecular weight is 420 g/mol. The quantitative estimate of drug-likeness (QED) is 0.358. The molecule has 1 aliphatic heterocycles. The number of likely N-dealkylation sites (N-methyl/N-ethyl adjacent to an activating group) is 1. The predicted octanol–water partition coefficient (Wildman–Crippen LogP) is 5.02. The first kappa shape index (κ1) is 19.7. The summed E-state index contributed by atoms with van der Waals surface area (Å²) in [6, 6.07) is 14.9. The third-order valence-electron chi connectivity index (χ3n) is 3.81. The van der Waals surface area contributed by atoms with Crippen molar-refractivity contribution < 1.29 is 14.3 Å². The van der Waals surface area contributed by atoms with Crippen molar-refractivity contribution in [1.82, 2.24) is 4.90 Å². The van der Waals surface area contributed by atoms with Gasteiger partial charge in [-0.3, -0.25) is 9.69 Å². The molecule has 3 rings (SSSR count). The molecule has 0 saturated carbocycles. The number of hydrogen-bond acceptors (Lipinski definition) is 5. The lowest BCUT2D eigenvalue weighted by Gasteiger charge is -2.10. The second-order valence-electron chi connectivity index (χ2n) is 5.62. The Hall–Kier alpha value is -2.02. The first-order valence-electron chi connectivity index (χ1n) is 8.44. The van der Waals surface area contributed by atoms with Crippen LogP contribution in [0.4, 0.5) is 0 Å². The van der Waals surface area contributed by atoms with Gasteiger partial charge < -0.3 is 9.47 Å². The molecule has 0 spiro atoms. The van der Waals surface area contributed by atoms with Crippen LogP contribution in [0.2, 0.25) is 5.02 Å². The zero-order valence-corrected chi connectivity index (χ0v) is 17.1. The SMILES string of the molecule is CCN1C(=O)C(=Cc2ccc(OCCOc3ccccc3Cl)cc2)SC1=S. The van der Waals surface area contributed by atoms with Gasteiger partial charge in [-0.15, -0.1) is 0 Å². The van der Waals surface area contributed by atoms with E-state index >= 15 is 0 Å². The summed E-state index contributed by atoms with van der Waals surface area (Å²) < 4.78 is 11.9. The number of rotatable bonds is 7. The zero-order valence-electron chi connectivity index (χ0n) is 14.7. The van der Waals surface area contributed by atoms with Crippen LogP contribution in [0.25, 0.3) is 6.08 Å². The molecule has 140 valence electrons. The largest absolute Gasteiger partial charge is 0.490 e. The molecule has 2 aromatic carbocycles. The summed E-state index contributed by atoms with van der Waals surface area (Å²) in [5.74, 6) is 1.34. The summed E-state index contributed by atoms with van der Waals surface area (Å²) >= 11 is 12.6. The molecule has 0 aliphatic carbocycles. The molecule has 4 nitrogen and oxygen atoms in total. The molecule has 27 heavy (non-hydrogen) atoms. The monoisotopic (exact) mass is 419 g/mol. The van der Waals surface area contributed by atoms with E-state index in [9.17, 15) is 4.79 Å². The van der Waals surface area contributed by atoms with E-state index < -0.39 is 0 Å². The Kier molecular flexibility index (Phi) is 6.77. The molecule has 2 aromatic rings. The highest BCUT2D eigenvalue weighted by Gasteiger charge is 2.30. The first-order chi connectivity index (χ1) is 13.1. The Balaban J connectivity index is 1.52. The molecule has 0 unspecified atom stereocenters. The number of carbonyl (C=O) groups excluding carboxylic acids is 1. The van der Waals surface area contributed by atoms with Gasteiger partial charge in [-0.2, -0.15) is 0 Å². The fourth-order valence-electron chi connectivity index (χ4n) is 2.46. The van der Waals surface area contributed by atoms with E-state index in [1.54, 1.807) is 11.0 Å². The molecule has 1 saturated heterocycles. The molecule has 1 fully saturated rings. The first-order valence-corrected chi connectivity index (χ1v) is 10.0. The maximum Gasteiger partial charge on any atom is 0.266 e.